The van der Waals surface area contributed by atoms with Crippen molar-refractivity contribution in [3.8, 4) is 17.3 Å². The predicted molar refractivity (Wildman–Crippen MR) is 119 cm³/mol. The third-order valence-corrected chi connectivity index (χ3v) is 5.47. The summed E-state index contributed by atoms with van der Waals surface area (Å²) in [6, 6.07) is 23.7. The molecule has 140 valence electrons. The van der Waals surface area contributed by atoms with Gasteiger partial charge in [0, 0.05) is 28.4 Å². The Morgan fingerprint density at radius 2 is 1.83 bits per heavy atom. The third kappa shape index (κ3) is 3.93. The number of allylic oxidation sites excluding steroid dienone is 1. The van der Waals surface area contributed by atoms with Gasteiger partial charge in [0.15, 0.2) is 5.78 Å². The zero-order chi connectivity index (χ0) is 20.2. The summed E-state index contributed by atoms with van der Waals surface area (Å²) in [5.41, 5.74) is 3.81. The van der Waals surface area contributed by atoms with Gasteiger partial charge in [-0.3, -0.25) is 4.79 Å². The number of carbonyl (C=O) groups excluding carboxylic acids is 1. The first-order valence-corrected chi connectivity index (χ1v) is 9.95. The molecular formula is C24H17N3OS. The maximum atomic E-state index is 11.4. The zero-order valence-corrected chi connectivity index (χ0v) is 16.5. The number of thiazole rings is 1. The van der Waals surface area contributed by atoms with Gasteiger partial charge >= 0.3 is 0 Å². The molecule has 0 saturated carbocycles. The Morgan fingerprint density at radius 1 is 1.07 bits per heavy atom. The molecule has 0 atom stereocenters. The number of carbonyl (C=O) groups is 1. The van der Waals surface area contributed by atoms with E-state index >= 15 is 0 Å². The van der Waals surface area contributed by atoms with Crippen LogP contribution in [0.25, 0.3) is 27.6 Å². The molecule has 0 bridgehead atoms. The largest absolute Gasteiger partial charge is 0.360 e. The predicted octanol–water partition coefficient (Wildman–Crippen LogP) is 6.14. The molecule has 0 fully saturated rings. The number of nitrogens with one attached hydrogen (secondary N) is 1. The van der Waals surface area contributed by atoms with Crippen molar-refractivity contribution in [3.63, 3.8) is 0 Å². The van der Waals surface area contributed by atoms with E-state index in [1.54, 1.807) is 18.3 Å². The SMILES string of the molecule is CC(=O)c1ccc(N/C=C(\C#N)c2nc(-c3cccc4ccccc34)cs2)cc1. The van der Waals surface area contributed by atoms with Gasteiger partial charge < -0.3 is 5.32 Å². The highest BCUT2D eigenvalue weighted by atomic mass is 32.1. The van der Waals surface area contributed by atoms with Crippen molar-refractivity contribution in [2.75, 3.05) is 5.32 Å². The van der Waals surface area contributed by atoms with Gasteiger partial charge in [0.2, 0.25) is 0 Å². The number of benzene rings is 3. The Bertz CT molecular complexity index is 1260. The molecule has 0 aliphatic carbocycles. The van der Waals surface area contributed by atoms with Crippen molar-refractivity contribution < 1.29 is 4.79 Å². The maximum absolute atomic E-state index is 11.4. The Labute approximate surface area is 172 Å². The zero-order valence-electron chi connectivity index (χ0n) is 15.7. The molecule has 1 aromatic heterocycles. The highest BCUT2D eigenvalue weighted by Crippen LogP contribution is 2.31. The standard InChI is InChI=1S/C24H17N3OS/c1-16(28)17-9-11-20(12-10-17)26-14-19(13-25)24-27-23(15-29-24)22-8-4-6-18-5-2-3-7-21(18)22/h2-12,14-15,26H,1H3/b19-14+. The van der Waals surface area contributed by atoms with Crippen LogP contribution in [-0.4, -0.2) is 10.8 Å². The first-order chi connectivity index (χ1) is 14.2. The number of nitrogens with zero attached hydrogens (tertiary/aromatic N) is 2. The molecule has 0 unspecified atom stereocenters. The molecule has 4 aromatic rings. The summed E-state index contributed by atoms with van der Waals surface area (Å²) in [4.78, 5) is 16.1. The molecule has 5 heteroatoms. The van der Waals surface area contributed by atoms with E-state index in [0.29, 0.717) is 16.1 Å². The quantitative estimate of drug-likeness (QED) is 0.325. The number of anilines is 1. The summed E-state index contributed by atoms with van der Waals surface area (Å²) in [7, 11) is 0. The van der Waals surface area contributed by atoms with E-state index in [-0.39, 0.29) is 5.78 Å². The summed E-state index contributed by atoms with van der Waals surface area (Å²) in [5, 5.41) is 17.6. The van der Waals surface area contributed by atoms with E-state index in [0.717, 1.165) is 27.7 Å². The molecule has 4 nitrogen and oxygen atoms in total. The second kappa shape index (κ2) is 8.09. The van der Waals surface area contributed by atoms with Crippen molar-refractivity contribution in [2.45, 2.75) is 6.92 Å². The lowest BCUT2D eigenvalue weighted by Gasteiger charge is -2.04. The Balaban J connectivity index is 1.61. The smallest absolute Gasteiger partial charge is 0.159 e. The fourth-order valence-electron chi connectivity index (χ4n) is 3.07. The van der Waals surface area contributed by atoms with Crippen LogP contribution in [0.4, 0.5) is 5.69 Å². The fraction of sp³-hybridized carbons (Fsp3) is 0.0417. The molecule has 3 aromatic carbocycles. The molecular weight excluding hydrogens is 378 g/mol. The van der Waals surface area contributed by atoms with Crippen LogP contribution >= 0.6 is 11.3 Å². The van der Waals surface area contributed by atoms with Crippen LogP contribution in [0.15, 0.2) is 78.3 Å². The molecule has 0 amide bonds. The number of ketones is 1. The van der Waals surface area contributed by atoms with Crippen LogP contribution in [0, 0.1) is 11.3 Å². The van der Waals surface area contributed by atoms with Gasteiger partial charge in [-0.05, 0) is 42.0 Å². The molecule has 1 heterocycles. The van der Waals surface area contributed by atoms with Crippen molar-refractivity contribution in [1.82, 2.24) is 4.98 Å². The Kier molecular flexibility index (Phi) is 5.19. The van der Waals surface area contributed by atoms with Crippen LogP contribution in [0.1, 0.15) is 22.3 Å². The summed E-state index contributed by atoms with van der Waals surface area (Å²) in [6.07, 6.45) is 1.65. The molecule has 29 heavy (non-hydrogen) atoms. The van der Waals surface area contributed by atoms with Crippen LogP contribution in [-0.2, 0) is 0 Å². The fourth-order valence-corrected chi connectivity index (χ4v) is 3.85. The van der Waals surface area contributed by atoms with Gasteiger partial charge in [0.1, 0.15) is 16.6 Å². The summed E-state index contributed by atoms with van der Waals surface area (Å²) < 4.78 is 0. The highest BCUT2D eigenvalue weighted by molar-refractivity contribution is 7.11. The van der Waals surface area contributed by atoms with Crippen molar-refractivity contribution in [2.24, 2.45) is 0 Å². The van der Waals surface area contributed by atoms with E-state index < -0.39 is 0 Å². The first kappa shape index (κ1) is 18.6. The van der Waals surface area contributed by atoms with Gasteiger partial charge in [-0.2, -0.15) is 5.26 Å². The molecule has 0 radical (unpaired) electrons. The van der Waals surface area contributed by atoms with Crippen molar-refractivity contribution >= 4 is 39.2 Å². The summed E-state index contributed by atoms with van der Waals surface area (Å²) in [6.45, 7) is 1.53. The lowest BCUT2D eigenvalue weighted by atomic mass is 10.0. The molecule has 4 rings (SSSR count). The average molecular weight is 395 g/mol. The number of nitriles is 1. The minimum absolute atomic E-state index is 0.0218. The topological polar surface area (TPSA) is 65.8 Å². The summed E-state index contributed by atoms with van der Waals surface area (Å²) >= 11 is 1.44. The van der Waals surface area contributed by atoms with Crippen LogP contribution in [0.2, 0.25) is 0 Å². The van der Waals surface area contributed by atoms with Crippen LogP contribution in [0.5, 0.6) is 0 Å². The van der Waals surface area contributed by atoms with E-state index in [4.69, 9.17) is 4.98 Å². The van der Waals surface area contributed by atoms with Gasteiger partial charge in [-0.1, -0.05) is 42.5 Å². The molecule has 1 N–H and O–H groups in total. The normalized spacial score (nSPS) is 11.2. The second-order valence-corrected chi connectivity index (χ2v) is 7.37. The number of aromatic nitrogens is 1. The van der Waals surface area contributed by atoms with Gasteiger partial charge in [0.25, 0.3) is 0 Å². The average Bonchev–Trinajstić information content (AvgIpc) is 3.24. The van der Waals surface area contributed by atoms with Crippen LogP contribution < -0.4 is 5.32 Å². The van der Waals surface area contributed by atoms with E-state index in [2.05, 4.69) is 29.6 Å². The van der Waals surface area contributed by atoms with E-state index in [1.807, 2.05) is 41.8 Å². The van der Waals surface area contributed by atoms with Gasteiger partial charge in [-0.25, -0.2) is 4.98 Å². The van der Waals surface area contributed by atoms with E-state index in [9.17, 15) is 10.1 Å². The van der Waals surface area contributed by atoms with E-state index in [1.165, 1.54) is 18.3 Å². The lowest BCUT2D eigenvalue weighted by molar-refractivity contribution is 0.101. The molecule has 0 aliphatic heterocycles. The van der Waals surface area contributed by atoms with Gasteiger partial charge in [0.05, 0.1) is 5.69 Å². The Morgan fingerprint density at radius 3 is 2.59 bits per heavy atom. The maximum Gasteiger partial charge on any atom is 0.159 e. The third-order valence-electron chi connectivity index (χ3n) is 4.60. The minimum Gasteiger partial charge on any atom is -0.360 e. The van der Waals surface area contributed by atoms with Crippen molar-refractivity contribution in [1.29, 1.82) is 5.26 Å². The lowest BCUT2D eigenvalue weighted by Crippen LogP contribution is -1.94. The highest BCUT2D eigenvalue weighted by Gasteiger charge is 2.11. The molecule has 0 spiro atoms. The number of hydrogen-bond donors (Lipinski definition) is 1. The minimum atomic E-state index is 0.0218. The van der Waals surface area contributed by atoms with Crippen LogP contribution in [0.3, 0.4) is 0 Å². The molecule has 0 saturated heterocycles. The first-order valence-electron chi connectivity index (χ1n) is 9.07. The number of hydrogen-bond acceptors (Lipinski definition) is 5. The molecule has 0 aliphatic rings. The number of fused-ring (bicyclic) bond motifs is 1. The van der Waals surface area contributed by atoms with Crippen molar-refractivity contribution in [3.05, 3.63) is 88.9 Å². The monoisotopic (exact) mass is 395 g/mol. The summed E-state index contributed by atoms with van der Waals surface area (Å²) in [5.74, 6) is 0.0218. The number of rotatable bonds is 5. The van der Waals surface area contributed by atoms with Gasteiger partial charge in [-0.15, -0.1) is 11.3 Å². The number of Topliss-reactive ketones (excluding diaryl/α,β-unsaturated/α-hetero) is 1. The second-order valence-electron chi connectivity index (χ2n) is 6.51. The Hall–Kier alpha value is -3.75.